The van der Waals surface area contributed by atoms with Crippen LogP contribution in [0, 0.1) is 5.82 Å². The highest BCUT2D eigenvalue weighted by Gasteiger charge is 2.20. The van der Waals surface area contributed by atoms with Gasteiger partial charge >= 0.3 is 0 Å². The van der Waals surface area contributed by atoms with Gasteiger partial charge in [-0.25, -0.2) is 9.37 Å². The van der Waals surface area contributed by atoms with Gasteiger partial charge in [-0.3, -0.25) is 4.79 Å². The van der Waals surface area contributed by atoms with Crippen molar-refractivity contribution in [1.82, 2.24) is 14.9 Å². The largest absolute Gasteiger partial charge is 0.497 e. The van der Waals surface area contributed by atoms with Crippen molar-refractivity contribution < 1.29 is 13.9 Å². The first-order valence-electron chi connectivity index (χ1n) is 8.42. The Labute approximate surface area is 157 Å². The summed E-state index contributed by atoms with van der Waals surface area (Å²) in [5, 5.41) is 2.90. The van der Waals surface area contributed by atoms with Crippen molar-refractivity contribution in [2.75, 3.05) is 7.11 Å². The second-order valence-electron chi connectivity index (χ2n) is 6.00. The average molecular weight is 365 g/mol. The Kier molecular flexibility index (Phi) is 5.66. The number of hydrogen-bond acceptors (Lipinski definition) is 3. The predicted octanol–water partition coefficient (Wildman–Crippen LogP) is 3.49. The average Bonchev–Trinajstić information content (AvgIpc) is 3.10. The van der Waals surface area contributed by atoms with E-state index in [0.717, 1.165) is 5.56 Å². The Morgan fingerprint density at radius 3 is 2.78 bits per heavy atom. The molecule has 1 N–H and O–H groups in total. The number of imidazole rings is 1. The van der Waals surface area contributed by atoms with Crippen molar-refractivity contribution in [2.45, 2.75) is 6.04 Å². The number of benzene rings is 2. The third-order valence-electron chi connectivity index (χ3n) is 4.11. The lowest BCUT2D eigenvalue weighted by Crippen LogP contribution is -2.29. The molecule has 6 heteroatoms. The number of hydrogen-bond donors (Lipinski definition) is 1. The number of nitrogens with zero attached hydrogens (tertiary/aromatic N) is 2. The van der Waals surface area contributed by atoms with Crippen LogP contribution in [-0.4, -0.2) is 22.6 Å². The van der Waals surface area contributed by atoms with Gasteiger partial charge in [0.05, 0.1) is 7.11 Å². The van der Waals surface area contributed by atoms with Gasteiger partial charge in [0.15, 0.2) is 0 Å². The van der Waals surface area contributed by atoms with E-state index in [-0.39, 0.29) is 11.7 Å². The molecule has 0 spiro atoms. The van der Waals surface area contributed by atoms with E-state index < -0.39 is 6.04 Å². The third kappa shape index (κ3) is 4.61. The Morgan fingerprint density at radius 2 is 2.07 bits per heavy atom. The number of halogens is 1. The molecule has 5 nitrogen and oxygen atoms in total. The SMILES string of the molecule is COc1cccc(/C=C/C(=O)NC(c2cccc(F)c2)c2nccn2C)c1. The van der Waals surface area contributed by atoms with Crippen molar-refractivity contribution in [3.63, 3.8) is 0 Å². The lowest BCUT2D eigenvalue weighted by molar-refractivity contribution is -0.117. The van der Waals surface area contributed by atoms with Crippen LogP contribution in [0.25, 0.3) is 6.08 Å². The van der Waals surface area contributed by atoms with Crippen LogP contribution >= 0.6 is 0 Å². The minimum absolute atomic E-state index is 0.310. The predicted molar refractivity (Wildman–Crippen MR) is 102 cm³/mol. The summed E-state index contributed by atoms with van der Waals surface area (Å²) in [6.45, 7) is 0. The second-order valence-corrected chi connectivity index (χ2v) is 6.00. The minimum atomic E-state index is -0.567. The van der Waals surface area contributed by atoms with Crippen LogP contribution < -0.4 is 10.1 Å². The summed E-state index contributed by atoms with van der Waals surface area (Å²) in [5.41, 5.74) is 1.45. The number of amides is 1. The van der Waals surface area contributed by atoms with Crippen LogP contribution in [0.2, 0.25) is 0 Å². The molecule has 1 unspecified atom stereocenters. The quantitative estimate of drug-likeness (QED) is 0.681. The lowest BCUT2D eigenvalue weighted by Gasteiger charge is -2.18. The number of carbonyl (C=O) groups excluding carboxylic acids is 1. The van der Waals surface area contributed by atoms with Gasteiger partial charge in [-0.05, 0) is 41.5 Å². The number of nitrogens with one attached hydrogen (secondary N) is 1. The smallest absolute Gasteiger partial charge is 0.244 e. The number of rotatable bonds is 6. The number of methoxy groups -OCH3 is 1. The molecule has 0 aliphatic heterocycles. The van der Waals surface area contributed by atoms with E-state index in [4.69, 9.17) is 4.74 Å². The standard InChI is InChI=1S/C21H20FN3O2/c1-25-12-11-23-21(25)20(16-6-4-7-17(22)14-16)24-19(26)10-9-15-5-3-8-18(13-15)27-2/h3-14,20H,1-2H3,(H,24,26)/b10-9+. The molecule has 3 rings (SSSR count). The zero-order valence-electron chi connectivity index (χ0n) is 15.1. The van der Waals surface area contributed by atoms with E-state index >= 15 is 0 Å². The van der Waals surface area contributed by atoms with E-state index in [0.29, 0.717) is 17.1 Å². The number of aryl methyl sites for hydroxylation is 1. The van der Waals surface area contributed by atoms with Gasteiger partial charge < -0.3 is 14.6 Å². The Morgan fingerprint density at radius 1 is 1.26 bits per heavy atom. The highest BCUT2D eigenvalue weighted by molar-refractivity contribution is 5.92. The molecule has 0 fully saturated rings. The molecule has 3 aromatic rings. The molecule has 2 aromatic carbocycles. The van der Waals surface area contributed by atoms with Crippen molar-refractivity contribution in [2.24, 2.45) is 7.05 Å². The van der Waals surface area contributed by atoms with Gasteiger partial charge in [-0.1, -0.05) is 24.3 Å². The van der Waals surface area contributed by atoms with Crippen molar-refractivity contribution >= 4 is 12.0 Å². The molecule has 1 amide bonds. The monoisotopic (exact) mass is 365 g/mol. The number of aromatic nitrogens is 2. The molecule has 0 bridgehead atoms. The molecule has 1 aromatic heterocycles. The first-order chi connectivity index (χ1) is 13.1. The summed E-state index contributed by atoms with van der Waals surface area (Å²) in [4.78, 5) is 16.8. The van der Waals surface area contributed by atoms with Gasteiger partial charge in [0.2, 0.25) is 5.91 Å². The number of carbonyl (C=O) groups is 1. The maximum atomic E-state index is 13.7. The molecule has 0 saturated carbocycles. The highest BCUT2D eigenvalue weighted by atomic mass is 19.1. The zero-order chi connectivity index (χ0) is 19.2. The summed E-state index contributed by atoms with van der Waals surface area (Å²) >= 11 is 0. The molecule has 138 valence electrons. The van der Waals surface area contributed by atoms with Gasteiger partial charge in [-0.15, -0.1) is 0 Å². The summed E-state index contributed by atoms with van der Waals surface area (Å²) in [6.07, 6.45) is 6.54. The van der Waals surface area contributed by atoms with Crippen LogP contribution in [-0.2, 0) is 11.8 Å². The van der Waals surface area contributed by atoms with Crippen LogP contribution in [0.15, 0.2) is 67.0 Å². The number of ether oxygens (including phenoxy) is 1. The van der Waals surface area contributed by atoms with Gasteiger partial charge in [0.1, 0.15) is 23.4 Å². The maximum absolute atomic E-state index is 13.7. The molecule has 0 aliphatic rings. The van der Waals surface area contributed by atoms with Gasteiger partial charge in [-0.2, -0.15) is 0 Å². The molecule has 27 heavy (non-hydrogen) atoms. The Balaban J connectivity index is 1.82. The van der Waals surface area contributed by atoms with Crippen LogP contribution in [0.3, 0.4) is 0 Å². The lowest BCUT2D eigenvalue weighted by atomic mass is 10.1. The van der Waals surface area contributed by atoms with Crippen LogP contribution in [0.1, 0.15) is 23.0 Å². The van der Waals surface area contributed by atoms with Crippen LogP contribution in [0.4, 0.5) is 4.39 Å². The zero-order valence-corrected chi connectivity index (χ0v) is 15.1. The molecule has 0 radical (unpaired) electrons. The van der Waals surface area contributed by atoms with E-state index in [1.807, 2.05) is 31.3 Å². The summed E-state index contributed by atoms with van der Waals surface area (Å²) in [6, 6.07) is 12.9. The first kappa shape index (κ1) is 18.4. The summed E-state index contributed by atoms with van der Waals surface area (Å²) < 4.78 is 20.7. The molecular formula is C21H20FN3O2. The van der Waals surface area contributed by atoms with Crippen molar-refractivity contribution in [1.29, 1.82) is 0 Å². The minimum Gasteiger partial charge on any atom is -0.497 e. The highest BCUT2D eigenvalue weighted by Crippen LogP contribution is 2.21. The van der Waals surface area contributed by atoms with E-state index in [1.165, 1.54) is 18.2 Å². The van der Waals surface area contributed by atoms with Crippen LogP contribution in [0.5, 0.6) is 5.75 Å². The topological polar surface area (TPSA) is 56.1 Å². The first-order valence-corrected chi connectivity index (χ1v) is 8.42. The third-order valence-corrected chi connectivity index (χ3v) is 4.11. The fourth-order valence-corrected chi connectivity index (χ4v) is 2.75. The molecule has 0 aliphatic carbocycles. The summed E-state index contributed by atoms with van der Waals surface area (Å²) in [7, 11) is 3.42. The molecule has 1 atom stereocenters. The Hall–Kier alpha value is -3.41. The maximum Gasteiger partial charge on any atom is 0.244 e. The van der Waals surface area contributed by atoms with Crippen molar-refractivity contribution in [3.8, 4) is 5.75 Å². The molecule has 1 heterocycles. The second kappa shape index (κ2) is 8.31. The molecule has 0 saturated heterocycles. The van der Waals surface area contributed by atoms with Crippen molar-refractivity contribution in [3.05, 3.63) is 89.8 Å². The molecular weight excluding hydrogens is 345 g/mol. The van der Waals surface area contributed by atoms with E-state index in [2.05, 4.69) is 10.3 Å². The normalized spacial score (nSPS) is 12.1. The van der Waals surface area contributed by atoms with Gasteiger partial charge in [0.25, 0.3) is 0 Å². The fourth-order valence-electron chi connectivity index (χ4n) is 2.75. The van der Waals surface area contributed by atoms with E-state index in [9.17, 15) is 9.18 Å². The Bertz CT molecular complexity index is 965. The fraction of sp³-hybridized carbons (Fsp3) is 0.143. The van der Waals surface area contributed by atoms with E-state index in [1.54, 1.807) is 42.3 Å². The summed E-state index contributed by atoms with van der Waals surface area (Å²) in [5.74, 6) is 0.648. The van der Waals surface area contributed by atoms with Gasteiger partial charge in [0, 0.05) is 25.5 Å².